The number of carboxylic acid groups (broad SMARTS) is 1. The molecule has 1 rings (SSSR count). The number of nitrogens with zero attached hydrogens (tertiary/aromatic N) is 3. The molecule has 1 aliphatic carbocycles. The van der Waals surface area contributed by atoms with E-state index in [0.29, 0.717) is 12.5 Å². The highest BCUT2D eigenvalue weighted by atomic mass is 16.6. The van der Waals surface area contributed by atoms with Gasteiger partial charge in [-0.3, -0.25) is 4.79 Å². The molecule has 0 heterocycles. The lowest BCUT2D eigenvalue weighted by atomic mass is 9.97. The molecular formula is C16H31N5O4. The number of nitrogens with one attached hydrogen (secondary N) is 1. The van der Waals surface area contributed by atoms with E-state index in [4.69, 9.17) is 21.1 Å². The number of carboxylic acids is 1. The van der Waals surface area contributed by atoms with Crippen LogP contribution in [0.15, 0.2) is 5.11 Å². The van der Waals surface area contributed by atoms with Crippen LogP contribution in [0.3, 0.4) is 0 Å². The molecule has 9 nitrogen and oxygen atoms in total. The molecule has 144 valence electrons. The van der Waals surface area contributed by atoms with Crippen molar-refractivity contribution < 1.29 is 19.4 Å². The van der Waals surface area contributed by atoms with Gasteiger partial charge in [0.25, 0.3) is 0 Å². The van der Waals surface area contributed by atoms with Gasteiger partial charge in [-0.2, -0.15) is 0 Å². The van der Waals surface area contributed by atoms with E-state index in [1.165, 1.54) is 32.1 Å². The zero-order valence-electron chi connectivity index (χ0n) is 15.4. The van der Waals surface area contributed by atoms with Crippen LogP contribution in [0.1, 0.15) is 65.7 Å². The maximum Gasteiger partial charge on any atom is 0.407 e. The number of azide groups is 1. The summed E-state index contributed by atoms with van der Waals surface area (Å²) in [5.41, 5.74) is 13.2. The van der Waals surface area contributed by atoms with Gasteiger partial charge in [0.15, 0.2) is 0 Å². The molecule has 0 radical (unpaired) electrons. The van der Waals surface area contributed by atoms with Gasteiger partial charge in [0.2, 0.25) is 0 Å². The number of hydrogen-bond acceptors (Lipinski definition) is 5. The molecule has 1 amide bonds. The molecule has 0 spiro atoms. The van der Waals surface area contributed by atoms with Gasteiger partial charge in [0.05, 0.1) is 0 Å². The van der Waals surface area contributed by atoms with Crippen LogP contribution in [0.4, 0.5) is 4.79 Å². The van der Waals surface area contributed by atoms with E-state index in [0.717, 1.165) is 0 Å². The molecule has 1 aliphatic rings. The van der Waals surface area contributed by atoms with Gasteiger partial charge >= 0.3 is 12.1 Å². The van der Waals surface area contributed by atoms with Crippen molar-refractivity contribution in [1.29, 1.82) is 0 Å². The highest BCUT2D eigenvalue weighted by molar-refractivity contribution is 5.73. The Morgan fingerprint density at radius 1 is 1.36 bits per heavy atom. The van der Waals surface area contributed by atoms with Crippen molar-refractivity contribution in [2.24, 2.45) is 10.8 Å². The van der Waals surface area contributed by atoms with Crippen LogP contribution in [0, 0.1) is 0 Å². The smallest absolute Gasteiger partial charge is 0.407 e. The Labute approximate surface area is 148 Å². The first-order valence-electron chi connectivity index (χ1n) is 8.65. The van der Waals surface area contributed by atoms with Crippen LogP contribution in [0.2, 0.25) is 0 Å². The van der Waals surface area contributed by atoms with Gasteiger partial charge in [0.1, 0.15) is 11.6 Å². The average Bonchev–Trinajstić information content (AvgIpc) is 2.50. The Balaban J connectivity index is 0.000000676. The summed E-state index contributed by atoms with van der Waals surface area (Å²) in [5.74, 6) is -1.18. The quantitative estimate of drug-likeness (QED) is 0.288. The predicted molar refractivity (Wildman–Crippen MR) is 95.1 cm³/mol. The molecule has 1 saturated carbocycles. The van der Waals surface area contributed by atoms with Crippen molar-refractivity contribution in [2.45, 2.75) is 83.4 Å². The molecule has 0 aliphatic heterocycles. The van der Waals surface area contributed by atoms with Crippen molar-refractivity contribution in [3.05, 3.63) is 10.4 Å². The van der Waals surface area contributed by atoms with Gasteiger partial charge in [-0.25, -0.2) is 4.79 Å². The number of nitrogens with two attached hydrogens (primary N) is 1. The molecular weight excluding hydrogens is 326 g/mol. The average molecular weight is 357 g/mol. The molecule has 0 aromatic rings. The summed E-state index contributed by atoms with van der Waals surface area (Å²) < 4.78 is 4.99. The maximum atomic E-state index is 11.2. The fourth-order valence-electron chi connectivity index (χ4n) is 2.23. The second-order valence-corrected chi connectivity index (χ2v) is 7.03. The number of ether oxygens (including phenoxy) is 1. The van der Waals surface area contributed by atoms with Crippen LogP contribution in [-0.2, 0) is 9.53 Å². The highest BCUT2D eigenvalue weighted by Gasteiger charge is 2.17. The van der Waals surface area contributed by atoms with Gasteiger partial charge in [-0.15, -0.1) is 0 Å². The van der Waals surface area contributed by atoms with E-state index >= 15 is 0 Å². The van der Waals surface area contributed by atoms with E-state index in [9.17, 15) is 9.59 Å². The summed E-state index contributed by atoms with van der Waals surface area (Å²) in [7, 11) is 0. The lowest BCUT2D eigenvalue weighted by molar-refractivity contribution is -0.138. The summed E-state index contributed by atoms with van der Waals surface area (Å²) in [6.07, 6.45) is 6.65. The second kappa shape index (κ2) is 12.4. The normalized spacial score (nSPS) is 15.8. The van der Waals surface area contributed by atoms with Crippen molar-refractivity contribution in [3.63, 3.8) is 0 Å². The zero-order chi connectivity index (χ0) is 19.3. The fraction of sp³-hybridized carbons (Fsp3) is 0.875. The molecule has 25 heavy (non-hydrogen) atoms. The summed E-state index contributed by atoms with van der Waals surface area (Å²) in [6.45, 7) is 5.50. The van der Waals surface area contributed by atoms with Crippen LogP contribution in [-0.4, -0.2) is 41.4 Å². The Morgan fingerprint density at radius 2 is 1.96 bits per heavy atom. The Bertz CT molecular complexity index is 450. The van der Waals surface area contributed by atoms with Crippen molar-refractivity contribution >= 4 is 12.1 Å². The number of amides is 1. The maximum absolute atomic E-state index is 11.2. The monoisotopic (exact) mass is 357 g/mol. The molecule has 0 bridgehead atoms. The zero-order valence-corrected chi connectivity index (χ0v) is 15.4. The van der Waals surface area contributed by atoms with E-state index in [2.05, 4.69) is 15.3 Å². The SMILES string of the molecule is CC(C)(C)OC(=O)NCCC[C@H](N=[N+]=[N-])C(=O)O.NC1CCCCC1. The molecule has 1 fully saturated rings. The van der Waals surface area contributed by atoms with Crippen LogP contribution in [0.25, 0.3) is 10.4 Å². The standard InChI is InChI=1S/C10H18N4O4.C6H13N/c1-10(2,3)18-9(17)12-6-4-5-7(8(15)16)13-14-11;7-6-4-2-1-3-5-6/h7H,4-6H2,1-3H3,(H,12,17)(H,15,16);6H,1-5,7H2/t7-;/m0./s1. The van der Waals surface area contributed by atoms with Crippen molar-refractivity contribution in [3.8, 4) is 0 Å². The van der Waals surface area contributed by atoms with E-state index in [1.54, 1.807) is 20.8 Å². The summed E-state index contributed by atoms with van der Waals surface area (Å²) >= 11 is 0. The third-order valence-corrected chi connectivity index (χ3v) is 3.45. The van der Waals surface area contributed by atoms with Crippen molar-refractivity contribution in [2.75, 3.05) is 6.54 Å². The molecule has 0 aromatic carbocycles. The van der Waals surface area contributed by atoms with E-state index in [-0.39, 0.29) is 13.0 Å². The number of rotatable bonds is 6. The van der Waals surface area contributed by atoms with Crippen LogP contribution < -0.4 is 11.1 Å². The molecule has 1 atom stereocenters. The van der Waals surface area contributed by atoms with E-state index in [1.807, 2.05) is 0 Å². The number of carbonyl (C=O) groups is 2. The molecule has 0 saturated heterocycles. The van der Waals surface area contributed by atoms with Crippen LogP contribution >= 0.6 is 0 Å². The fourth-order valence-corrected chi connectivity index (χ4v) is 2.23. The topological polar surface area (TPSA) is 150 Å². The summed E-state index contributed by atoms with van der Waals surface area (Å²) in [4.78, 5) is 24.3. The van der Waals surface area contributed by atoms with Gasteiger partial charge in [-0.05, 0) is 52.0 Å². The first-order chi connectivity index (χ1) is 11.7. The number of carbonyl (C=O) groups excluding carboxylic acids is 1. The minimum atomic E-state index is -1.18. The van der Waals surface area contributed by atoms with Gasteiger partial charge in [-0.1, -0.05) is 24.4 Å². The Hall–Kier alpha value is -1.99. The molecule has 0 aromatic heterocycles. The summed E-state index contributed by atoms with van der Waals surface area (Å²) in [6, 6.07) is -0.566. The Kier molecular flexibility index (Phi) is 11.4. The molecule has 9 heteroatoms. The second-order valence-electron chi connectivity index (χ2n) is 7.03. The minimum Gasteiger partial charge on any atom is -0.481 e. The molecule has 0 unspecified atom stereocenters. The molecule has 4 N–H and O–H groups in total. The predicted octanol–water partition coefficient (Wildman–Crippen LogP) is 3.33. The number of hydrogen-bond donors (Lipinski definition) is 3. The highest BCUT2D eigenvalue weighted by Crippen LogP contribution is 2.14. The third-order valence-electron chi connectivity index (χ3n) is 3.45. The Morgan fingerprint density at radius 3 is 2.36 bits per heavy atom. The minimum absolute atomic E-state index is 0.162. The number of aliphatic carboxylic acids is 1. The van der Waals surface area contributed by atoms with Gasteiger partial charge in [0, 0.05) is 17.5 Å². The van der Waals surface area contributed by atoms with Gasteiger partial charge < -0.3 is 20.9 Å². The first kappa shape index (κ1) is 23.0. The number of alkyl carbamates (subject to hydrolysis) is 1. The van der Waals surface area contributed by atoms with Crippen LogP contribution in [0.5, 0.6) is 0 Å². The largest absolute Gasteiger partial charge is 0.481 e. The lowest BCUT2D eigenvalue weighted by Gasteiger charge is -2.19. The van der Waals surface area contributed by atoms with E-state index < -0.39 is 23.7 Å². The summed E-state index contributed by atoms with van der Waals surface area (Å²) in [5, 5.41) is 14.3. The lowest BCUT2D eigenvalue weighted by Crippen LogP contribution is -2.33. The first-order valence-corrected chi connectivity index (χ1v) is 8.65. The third kappa shape index (κ3) is 14.1. The van der Waals surface area contributed by atoms with Crippen molar-refractivity contribution in [1.82, 2.24) is 5.32 Å².